The number of hydrogen-bond donors (Lipinski definition) is 3. The molecule has 0 aliphatic carbocycles. The topological polar surface area (TPSA) is 61.4 Å². The van der Waals surface area contributed by atoms with Crippen molar-refractivity contribution in [2.45, 2.75) is 12.5 Å². The summed E-state index contributed by atoms with van der Waals surface area (Å²) in [6, 6.07) is 11.9. The number of carbonyl (C=O) groups excluding carboxylic acids is 1. The summed E-state index contributed by atoms with van der Waals surface area (Å²) in [6.07, 6.45) is 0.540. The molecule has 2 aromatic carbocycles. The van der Waals surface area contributed by atoms with Crippen molar-refractivity contribution in [3.8, 4) is 5.75 Å². The van der Waals surface area contributed by atoms with Crippen LogP contribution in [0, 0.1) is 0 Å². The fourth-order valence-electron chi connectivity index (χ4n) is 2.25. The van der Waals surface area contributed by atoms with E-state index in [9.17, 15) is 9.90 Å². The number of rotatable bonds is 2. The molecule has 1 atom stereocenters. The van der Waals surface area contributed by atoms with Gasteiger partial charge in [0.25, 0.3) is 0 Å². The second-order valence-electron chi connectivity index (χ2n) is 4.72. The summed E-state index contributed by atoms with van der Waals surface area (Å²) in [4.78, 5) is 12.1. The van der Waals surface area contributed by atoms with Crippen molar-refractivity contribution in [1.29, 1.82) is 0 Å². The number of anilines is 2. The summed E-state index contributed by atoms with van der Waals surface area (Å²) in [7, 11) is 0. The molecule has 1 unspecified atom stereocenters. The minimum Gasteiger partial charge on any atom is -0.508 e. The first-order chi connectivity index (χ1) is 9.63. The average molecular weight is 289 g/mol. The minimum absolute atomic E-state index is 0.112. The molecule has 0 radical (unpaired) electrons. The number of phenols is 1. The molecular formula is C15H13ClN2O2. The SMILES string of the molecule is O=C1Nc2c(Cl)cccc2NC1Cc1ccc(O)cc1. The maximum Gasteiger partial charge on any atom is 0.247 e. The van der Waals surface area contributed by atoms with E-state index in [-0.39, 0.29) is 17.7 Å². The van der Waals surface area contributed by atoms with E-state index in [0.29, 0.717) is 17.1 Å². The summed E-state index contributed by atoms with van der Waals surface area (Å²) in [6.45, 7) is 0. The fourth-order valence-corrected chi connectivity index (χ4v) is 2.47. The van der Waals surface area contributed by atoms with Gasteiger partial charge in [-0.3, -0.25) is 4.79 Å². The molecule has 1 amide bonds. The smallest absolute Gasteiger partial charge is 0.247 e. The van der Waals surface area contributed by atoms with Gasteiger partial charge < -0.3 is 15.7 Å². The molecule has 4 nitrogen and oxygen atoms in total. The number of hydrogen-bond acceptors (Lipinski definition) is 3. The van der Waals surface area contributed by atoms with Crippen LogP contribution in [0.4, 0.5) is 11.4 Å². The van der Waals surface area contributed by atoms with Crippen molar-refractivity contribution < 1.29 is 9.90 Å². The molecule has 0 saturated carbocycles. The van der Waals surface area contributed by atoms with Gasteiger partial charge in [0.1, 0.15) is 11.8 Å². The largest absolute Gasteiger partial charge is 0.508 e. The van der Waals surface area contributed by atoms with E-state index in [1.165, 1.54) is 0 Å². The molecule has 0 aromatic heterocycles. The van der Waals surface area contributed by atoms with Gasteiger partial charge in [0.2, 0.25) is 5.91 Å². The number of aromatic hydroxyl groups is 1. The zero-order valence-electron chi connectivity index (χ0n) is 10.6. The highest BCUT2D eigenvalue weighted by molar-refractivity contribution is 6.35. The number of fused-ring (bicyclic) bond motifs is 1. The third kappa shape index (κ3) is 2.42. The molecule has 5 heteroatoms. The van der Waals surface area contributed by atoms with E-state index in [0.717, 1.165) is 11.3 Å². The quantitative estimate of drug-likeness (QED) is 0.796. The van der Waals surface area contributed by atoms with E-state index in [1.54, 1.807) is 30.3 Å². The Hall–Kier alpha value is -2.20. The summed E-state index contributed by atoms with van der Waals surface area (Å²) < 4.78 is 0. The third-order valence-electron chi connectivity index (χ3n) is 3.28. The van der Waals surface area contributed by atoms with E-state index >= 15 is 0 Å². The number of para-hydroxylation sites is 1. The maximum atomic E-state index is 12.1. The van der Waals surface area contributed by atoms with Gasteiger partial charge in [0.15, 0.2) is 0 Å². The van der Waals surface area contributed by atoms with Crippen LogP contribution in [0.3, 0.4) is 0 Å². The molecule has 0 bridgehead atoms. The first-order valence-corrected chi connectivity index (χ1v) is 6.65. The third-order valence-corrected chi connectivity index (χ3v) is 3.60. The molecule has 3 N–H and O–H groups in total. The molecule has 20 heavy (non-hydrogen) atoms. The zero-order valence-corrected chi connectivity index (χ0v) is 11.3. The molecule has 0 fully saturated rings. The standard InChI is InChI=1S/C15H13ClN2O2/c16-11-2-1-3-12-14(11)18-15(20)13(17-12)8-9-4-6-10(19)7-5-9/h1-7,13,17,19H,8H2,(H,18,20). The molecule has 2 aromatic rings. The second-order valence-corrected chi connectivity index (χ2v) is 5.13. The zero-order chi connectivity index (χ0) is 14.1. The molecular weight excluding hydrogens is 276 g/mol. The average Bonchev–Trinajstić information content (AvgIpc) is 2.43. The van der Waals surface area contributed by atoms with Crippen LogP contribution in [-0.2, 0) is 11.2 Å². The number of benzene rings is 2. The summed E-state index contributed by atoms with van der Waals surface area (Å²) in [5.74, 6) is 0.102. The van der Waals surface area contributed by atoms with Gasteiger partial charge in [-0.25, -0.2) is 0 Å². The Labute approximate surface area is 121 Å². The number of amides is 1. The van der Waals surface area contributed by atoms with Crippen molar-refractivity contribution in [1.82, 2.24) is 0 Å². The Morgan fingerprint density at radius 2 is 1.90 bits per heavy atom. The predicted octanol–water partition coefficient (Wildman–Crippen LogP) is 3.02. The Bertz CT molecular complexity index is 655. The lowest BCUT2D eigenvalue weighted by atomic mass is 10.0. The lowest BCUT2D eigenvalue weighted by molar-refractivity contribution is -0.117. The van der Waals surface area contributed by atoms with E-state index < -0.39 is 0 Å². The lowest BCUT2D eigenvalue weighted by Crippen LogP contribution is -2.40. The normalized spacial score (nSPS) is 17.1. The Balaban J connectivity index is 1.82. The minimum atomic E-state index is -0.356. The van der Waals surface area contributed by atoms with Crippen LogP contribution in [0.25, 0.3) is 0 Å². The van der Waals surface area contributed by atoms with Gasteiger partial charge in [-0.1, -0.05) is 29.8 Å². The number of phenolic OH excluding ortho intramolecular Hbond substituents is 1. The van der Waals surface area contributed by atoms with Crippen LogP contribution in [-0.4, -0.2) is 17.1 Å². The van der Waals surface area contributed by atoms with Crippen molar-refractivity contribution in [3.63, 3.8) is 0 Å². The molecule has 1 aliphatic rings. The van der Waals surface area contributed by atoms with Crippen LogP contribution in [0.2, 0.25) is 5.02 Å². The van der Waals surface area contributed by atoms with Crippen molar-refractivity contribution >= 4 is 28.9 Å². The molecule has 3 rings (SSSR count). The van der Waals surface area contributed by atoms with Crippen LogP contribution in [0.15, 0.2) is 42.5 Å². The van der Waals surface area contributed by atoms with Gasteiger partial charge in [-0.2, -0.15) is 0 Å². The predicted molar refractivity (Wildman–Crippen MR) is 79.3 cm³/mol. The number of carbonyl (C=O) groups is 1. The number of nitrogens with one attached hydrogen (secondary N) is 2. The van der Waals surface area contributed by atoms with Crippen LogP contribution < -0.4 is 10.6 Å². The van der Waals surface area contributed by atoms with Crippen LogP contribution in [0.1, 0.15) is 5.56 Å². The van der Waals surface area contributed by atoms with Gasteiger partial charge in [-0.15, -0.1) is 0 Å². The summed E-state index contributed by atoms with van der Waals surface area (Å²) in [5.41, 5.74) is 2.42. The maximum absolute atomic E-state index is 12.1. The highest BCUT2D eigenvalue weighted by Crippen LogP contribution is 2.34. The van der Waals surface area contributed by atoms with Crippen LogP contribution in [0.5, 0.6) is 5.75 Å². The first-order valence-electron chi connectivity index (χ1n) is 6.27. The molecule has 102 valence electrons. The summed E-state index contributed by atoms with van der Waals surface area (Å²) in [5, 5.41) is 15.8. The van der Waals surface area contributed by atoms with Crippen molar-refractivity contribution in [2.24, 2.45) is 0 Å². The molecule has 1 heterocycles. The van der Waals surface area contributed by atoms with Crippen LogP contribution >= 0.6 is 11.6 Å². The fraction of sp³-hybridized carbons (Fsp3) is 0.133. The van der Waals surface area contributed by atoms with Gasteiger partial charge in [-0.05, 0) is 29.8 Å². The Morgan fingerprint density at radius 3 is 2.65 bits per heavy atom. The monoisotopic (exact) mass is 288 g/mol. The second kappa shape index (κ2) is 5.06. The van der Waals surface area contributed by atoms with Gasteiger partial charge in [0.05, 0.1) is 16.4 Å². The number of halogens is 1. The Kier molecular flexibility index (Phi) is 3.24. The van der Waals surface area contributed by atoms with E-state index in [2.05, 4.69) is 10.6 Å². The first kappa shape index (κ1) is 12.8. The van der Waals surface area contributed by atoms with Crippen molar-refractivity contribution in [2.75, 3.05) is 10.6 Å². The van der Waals surface area contributed by atoms with Crippen molar-refractivity contribution in [3.05, 3.63) is 53.1 Å². The summed E-state index contributed by atoms with van der Waals surface area (Å²) >= 11 is 6.05. The van der Waals surface area contributed by atoms with E-state index in [4.69, 9.17) is 11.6 Å². The highest BCUT2D eigenvalue weighted by Gasteiger charge is 2.26. The molecule has 0 spiro atoms. The Morgan fingerprint density at radius 1 is 1.15 bits per heavy atom. The molecule has 1 aliphatic heterocycles. The van der Waals surface area contributed by atoms with Gasteiger partial charge >= 0.3 is 0 Å². The lowest BCUT2D eigenvalue weighted by Gasteiger charge is -2.27. The highest BCUT2D eigenvalue weighted by atomic mass is 35.5. The van der Waals surface area contributed by atoms with Gasteiger partial charge in [0, 0.05) is 6.42 Å². The molecule has 0 saturated heterocycles. The van der Waals surface area contributed by atoms with E-state index in [1.807, 2.05) is 12.1 Å².